The van der Waals surface area contributed by atoms with Crippen LogP contribution in [0.3, 0.4) is 0 Å². The van der Waals surface area contributed by atoms with Crippen LogP contribution in [0.15, 0.2) is 4.99 Å². The summed E-state index contributed by atoms with van der Waals surface area (Å²) in [6, 6.07) is -0.247. The Kier molecular flexibility index (Phi) is 6.44. The van der Waals surface area contributed by atoms with Gasteiger partial charge in [0.05, 0.1) is 0 Å². The average Bonchev–Trinajstić information content (AvgIpc) is 2.16. The van der Waals surface area contributed by atoms with E-state index in [-0.39, 0.29) is 11.9 Å². The molecule has 0 fully saturated rings. The van der Waals surface area contributed by atoms with Gasteiger partial charge in [-0.2, -0.15) is 0 Å². The molecule has 0 heterocycles. The SMILES string of the molecule is CCNC(=O)C(C)N=C(NN)NC(C)C. The summed E-state index contributed by atoms with van der Waals surface area (Å²) in [4.78, 5) is 15.5. The number of hydrogen-bond donors (Lipinski definition) is 4. The van der Waals surface area contributed by atoms with E-state index in [9.17, 15) is 4.79 Å². The Labute approximate surface area is 90.7 Å². The molecule has 0 saturated heterocycles. The van der Waals surface area contributed by atoms with Crippen LogP contribution >= 0.6 is 0 Å². The average molecular weight is 215 g/mol. The molecule has 0 spiro atoms. The van der Waals surface area contributed by atoms with Gasteiger partial charge >= 0.3 is 0 Å². The molecule has 0 radical (unpaired) electrons. The van der Waals surface area contributed by atoms with Crippen molar-refractivity contribution in [2.75, 3.05) is 6.54 Å². The number of rotatable bonds is 4. The fraction of sp³-hybridized carbons (Fsp3) is 0.778. The van der Waals surface area contributed by atoms with Gasteiger partial charge in [0.25, 0.3) is 0 Å². The number of amides is 1. The van der Waals surface area contributed by atoms with Crippen molar-refractivity contribution < 1.29 is 4.79 Å². The van der Waals surface area contributed by atoms with Crippen molar-refractivity contribution in [2.24, 2.45) is 10.8 Å². The zero-order valence-corrected chi connectivity index (χ0v) is 9.79. The van der Waals surface area contributed by atoms with Crippen LogP contribution in [0.25, 0.3) is 0 Å². The van der Waals surface area contributed by atoms with E-state index in [1.165, 1.54) is 0 Å². The van der Waals surface area contributed by atoms with E-state index in [1.54, 1.807) is 6.92 Å². The lowest BCUT2D eigenvalue weighted by atomic mass is 10.3. The standard InChI is InChI=1S/C9H21N5O/c1-5-11-8(15)7(4)13-9(14-10)12-6(2)3/h6-7H,5,10H2,1-4H3,(H,11,15)(H2,12,13,14). The van der Waals surface area contributed by atoms with Gasteiger partial charge in [-0.05, 0) is 27.7 Å². The molecule has 15 heavy (non-hydrogen) atoms. The highest BCUT2D eigenvalue weighted by Crippen LogP contribution is 1.90. The third-order valence-electron chi connectivity index (χ3n) is 1.62. The lowest BCUT2D eigenvalue weighted by molar-refractivity contribution is -0.121. The van der Waals surface area contributed by atoms with Crippen LogP contribution in [-0.2, 0) is 4.79 Å². The highest BCUT2D eigenvalue weighted by molar-refractivity contribution is 5.86. The van der Waals surface area contributed by atoms with Gasteiger partial charge in [-0.3, -0.25) is 10.2 Å². The van der Waals surface area contributed by atoms with Crippen LogP contribution in [-0.4, -0.2) is 30.5 Å². The molecule has 0 rings (SSSR count). The largest absolute Gasteiger partial charge is 0.355 e. The van der Waals surface area contributed by atoms with Gasteiger partial charge in [-0.15, -0.1) is 0 Å². The Balaban J connectivity index is 4.33. The highest BCUT2D eigenvalue weighted by Gasteiger charge is 2.11. The summed E-state index contributed by atoms with van der Waals surface area (Å²) in [6.07, 6.45) is 0. The van der Waals surface area contributed by atoms with Crippen LogP contribution in [0.4, 0.5) is 0 Å². The molecular weight excluding hydrogens is 194 g/mol. The molecule has 0 aromatic heterocycles. The summed E-state index contributed by atoms with van der Waals surface area (Å²) in [6.45, 7) is 8.10. The monoisotopic (exact) mass is 215 g/mol. The first-order valence-electron chi connectivity index (χ1n) is 5.09. The number of aliphatic imine (C=N–C) groups is 1. The smallest absolute Gasteiger partial charge is 0.244 e. The molecule has 0 aromatic rings. The van der Waals surface area contributed by atoms with Gasteiger partial charge in [0.15, 0.2) is 0 Å². The van der Waals surface area contributed by atoms with Crippen LogP contribution in [0.5, 0.6) is 0 Å². The Morgan fingerprint density at radius 2 is 2.00 bits per heavy atom. The summed E-state index contributed by atoms with van der Waals surface area (Å²) in [5, 5.41) is 5.68. The van der Waals surface area contributed by atoms with Gasteiger partial charge in [0.1, 0.15) is 6.04 Å². The van der Waals surface area contributed by atoms with E-state index in [0.29, 0.717) is 12.5 Å². The topological polar surface area (TPSA) is 91.5 Å². The van der Waals surface area contributed by atoms with Crippen molar-refractivity contribution in [1.82, 2.24) is 16.1 Å². The lowest BCUT2D eigenvalue weighted by Gasteiger charge is -2.14. The van der Waals surface area contributed by atoms with Crippen molar-refractivity contribution in [1.29, 1.82) is 0 Å². The molecule has 1 amide bonds. The normalized spacial score (nSPS) is 13.6. The second kappa shape index (κ2) is 7.05. The zero-order valence-electron chi connectivity index (χ0n) is 9.79. The molecule has 1 atom stereocenters. The summed E-state index contributed by atoms with van der Waals surface area (Å²) in [5.74, 6) is 5.57. The van der Waals surface area contributed by atoms with Crippen LogP contribution < -0.4 is 21.9 Å². The van der Waals surface area contributed by atoms with Crippen molar-refractivity contribution >= 4 is 11.9 Å². The Morgan fingerprint density at radius 1 is 1.40 bits per heavy atom. The number of nitrogens with two attached hydrogens (primary N) is 1. The van der Waals surface area contributed by atoms with Crippen LogP contribution in [0, 0.1) is 0 Å². The van der Waals surface area contributed by atoms with Crippen molar-refractivity contribution in [3.8, 4) is 0 Å². The second-order valence-corrected chi connectivity index (χ2v) is 3.49. The fourth-order valence-electron chi connectivity index (χ4n) is 0.964. The van der Waals surface area contributed by atoms with E-state index >= 15 is 0 Å². The van der Waals surface area contributed by atoms with Crippen LogP contribution in [0.1, 0.15) is 27.7 Å². The van der Waals surface area contributed by atoms with E-state index in [1.807, 2.05) is 20.8 Å². The molecule has 0 aliphatic heterocycles. The van der Waals surface area contributed by atoms with E-state index < -0.39 is 6.04 Å². The summed E-state index contributed by atoms with van der Waals surface area (Å²) in [5.41, 5.74) is 2.42. The molecule has 0 aliphatic carbocycles. The lowest BCUT2D eigenvalue weighted by Crippen LogP contribution is -2.46. The predicted octanol–water partition coefficient (Wildman–Crippen LogP) is -0.672. The maximum atomic E-state index is 11.4. The van der Waals surface area contributed by atoms with Crippen molar-refractivity contribution in [3.63, 3.8) is 0 Å². The van der Waals surface area contributed by atoms with Gasteiger partial charge < -0.3 is 10.6 Å². The minimum absolute atomic E-state index is 0.115. The third-order valence-corrected chi connectivity index (χ3v) is 1.62. The number of guanidine groups is 1. The maximum Gasteiger partial charge on any atom is 0.244 e. The number of hydrazine groups is 1. The summed E-state index contributed by atoms with van der Waals surface area (Å²) < 4.78 is 0. The molecule has 0 saturated carbocycles. The first kappa shape index (κ1) is 13.7. The number of nitrogens with one attached hydrogen (secondary N) is 3. The first-order chi connectivity index (χ1) is 7.01. The van der Waals surface area contributed by atoms with Gasteiger partial charge in [0.2, 0.25) is 11.9 Å². The molecule has 0 aliphatic rings. The third kappa shape index (κ3) is 5.90. The molecule has 6 heteroatoms. The number of likely N-dealkylation sites (N-methyl/N-ethyl adjacent to an activating group) is 1. The second-order valence-electron chi connectivity index (χ2n) is 3.49. The number of carbonyl (C=O) groups excluding carboxylic acids is 1. The maximum absolute atomic E-state index is 11.4. The molecule has 5 N–H and O–H groups in total. The summed E-state index contributed by atoms with van der Waals surface area (Å²) in [7, 11) is 0. The molecule has 0 bridgehead atoms. The minimum Gasteiger partial charge on any atom is -0.355 e. The quantitative estimate of drug-likeness (QED) is 0.217. The fourth-order valence-corrected chi connectivity index (χ4v) is 0.964. The molecule has 0 aromatic carbocycles. The number of carbonyl (C=O) groups is 1. The Morgan fingerprint density at radius 3 is 2.40 bits per heavy atom. The Hall–Kier alpha value is -1.30. The molecule has 1 unspecified atom stereocenters. The highest BCUT2D eigenvalue weighted by atomic mass is 16.2. The van der Waals surface area contributed by atoms with Crippen molar-refractivity contribution in [2.45, 2.75) is 39.8 Å². The Bertz CT molecular complexity index is 227. The molecule has 88 valence electrons. The van der Waals surface area contributed by atoms with E-state index in [2.05, 4.69) is 21.1 Å². The zero-order chi connectivity index (χ0) is 11.8. The molecule has 6 nitrogen and oxygen atoms in total. The number of hydrogen-bond acceptors (Lipinski definition) is 3. The predicted molar refractivity (Wildman–Crippen MR) is 61.2 cm³/mol. The number of nitrogens with zero attached hydrogens (tertiary/aromatic N) is 1. The minimum atomic E-state index is -0.456. The summed E-state index contributed by atoms with van der Waals surface area (Å²) >= 11 is 0. The van der Waals surface area contributed by atoms with E-state index in [0.717, 1.165) is 0 Å². The van der Waals surface area contributed by atoms with Crippen LogP contribution in [0.2, 0.25) is 0 Å². The van der Waals surface area contributed by atoms with Gasteiger partial charge in [-0.1, -0.05) is 0 Å². The van der Waals surface area contributed by atoms with Gasteiger partial charge in [0, 0.05) is 12.6 Å². The van der Waals surface area contributed by atoms with Crippen molar-refractivity contribution in [3.05, 3.63) is 0 Å². The molecular formula is C9H21N5O. The van der Waals surface area contributed by atoms with E-state index in [4.69, 9.17) is 5.84 Å². The van der Waals surface area contributed by atoms with Gasteiger partial charge in [-0.25, -0.2) is 10.8 Å². The first-order valence-corrected chi connectivity index (χ1v) is 5.09.